The van der Waals surface area contributed by atoms with Gasteiger partial charge in [0.25, 0.3) is 0 Å². The molecule has 1 saturated carbocycles. The normalized spacial score (nSPS) is 16.9. The highest BCUT2D eigenvalue weighted by Gasteiger charge is 2.31. The van der Waals surface area contributed by atoms with Crippen molar-refractivity contribution in [1.29, 1.82) is 5.26 Å². The SMILES string of the molecule is CN(C)c1cccc(OCCCC(C)(C#N)NC2CC2)c1. The Morgan fingerprint density at radius 3 is 2.81 bits per heavy atom. The summed E-state index contributed by atoms with van der Waals surface area (Å²) in [4.78, 5) is 2.05. The summed E-state index contributed by atoms with van der Waals surface area (Å²) in [5.74, 6) is 0.884. The molecule has 1 aromatic carbocycles. The van der Waals surface area contributed by atoms with E-state index in [9.17, 15) is 5.26 Å². The van der Waals surface area contributed by atoms with E-state index in [0.29, 0.717) is 12.6 Å². The summed E-state index contributed by atoms with van der Waals surface area (Å²) in [6.07, 6.45) is 4.08. The zero-order chi connectivity index (χ0) is 15.3. The Hall–Kier alpha value is -1.73. The van der Waals surface area contributed by atoms with Gasteiger partial charge < -0.3 is 9.64 Å². The molecule has 1 N–H and O–H groups in total. The van der Waals surface area contributed by atoms with Crippen molar-refractivity contribution >= 4 is 5.69 Å². The van der Waals surface area contributed by atoms with Gasteiger partial charge in [0.05, 0.1) is 12.7 Å². The average molecular weight is 287 g/mol. The highest BCUT2D eigenvalue weighted by molar-refractivity contribution is 5.49. The topological polar surface area (TPSA) is 48.3 Å². The minimum absolute atomic E-state index is 0.421. The molecule has 1 atom stereocenters. The summed E-state index contributed by atoms with van der Waals surface area (Å²) < 4.78 is 5.79. The van der Waals surface area contributed by atoms with Crippen LogP contribution in [0.25, 0.3) is 0 Å². The number of nitriles is 1. The Kier molecular flexibility index (Phi) is 5.08. The van der Waals surface area contributed by atoms with Gasteiger partial charge in [-0.25, -0.2) is 0 Å². The lowest BCUT2D eigenvalue weighted by Gasteiger charge is -2.23. The first-order chi connectivity index (χ1) is 10.0. The maximum absolute atomic E-state index is 9.32. The first kappa shape index (κ1) is 15.7. The number of hydrogen-bond acceptors (Lipinski definition) is 4. The van der Waals surface area contributed by atoms with Crippen molar-refractivity contribution in [3.63, 3.8) is 0 Å². The summed E-state index contributed by atoms with van der Waals surface area (Å²) in [7, 11) is 4.03. The van der Waals surface area contributed by atoms with Crippen LogP contribution in [-0.2, 0) is 0 Å². The van der Waals surface area contributed by atoms with E-state index in [-0.39, 0.29) is 0 Å². The molecule has 1 aliphatic carbocycles. The highest BCUT2D eigenvalue weighted by Crippen LogP contribution is 2.25. The highest BCUT2D eigenvalue weighted by atomic mass is 16.5. The Labute approximate surface area is 127 Å². The van der Waals surface area contributed by atoms with Gasteiger partial charge in [-0.05, 0) is 44.7 Å². The molecule has 0 heterocycles. The number of rotatable bonds is 8. The van der Waals surface area contributed by atoms with Crippen molar-refractivity contribution in [2.24, 2.45) is 0 Å². The van der Waals surface area contributed by atoms with Crippen LogP contribution in [0.5, 0.6) is 5.75 Å². The molecule has 1 fully saturated rings. The molecule has 114 valence electrons. The van der Waals surface area contributed by atoms with E-state index in [1.54, 1.807) is 0 Å². The number of anilines is 1. The van der Waals surface area contributed by atoms with Crippen molar-refractivity contribution in [1.82, 2.24) is 5.32 Å². The van der Waals surface area contributed by atoms with E-state index < -0.39 is 5.54 Å². The monoisotopic (exact) mass is 287 g/mol. The third kappa shape index (κ3) is 4.95. The smallest absolute Gasteiger partial charge is 0.121 e. The second-order valence-corrected chi connectivity index (χ2v) is 6.21. The van der Waals surface area contributed by atoms with Gasteiger partial charge in [-0.15, -0.1) is 0 Å². The van der Waals surface area contributed by atoms with Gasteiger partial charge in [0.15, 0.2) is 0 Å². The van der Waals surface area contributed by atoms with Gasteiger partial charge in [0.1, 0.15) is 11.3 Å². The number of ether oxygens (including phenoxy) is 1. The van der Waals surface area contributed by atoms with E-state index in [2.05, 4.69) is 22.4 Å². The van der Waals surface area contributed by atoms with Gasteiger partial charge >= 0.3 is 0 Å². The van der Waals surface area contributed by atoms with E-state index in [1.165, 1.54) is 12.8 Å². The molecular weight excluding hydrogens is 262 g/mol. The fraction of sp³-hybridized carbons (Fsp3) is 0.588. The molecule has 0 bridgehead atoms. The maximum Gasteiger partial charge on any atom is 0.121 e. The maximum atomic E-state index is 9.32. The lowest BCUT2D eigenvalue weighted by atomic mass is 9.98. The van der Waals surface area contributed by atoms with Crippen LogP contribution in [0.2, 0.25) is 0 Å². The summed E-state index contributed by atoms with van der Waals surface area (Å²) in [5.41, 5.74) is 0.709. The lowest BCUT2D eigenvalue weighted by molar-refractivity contribution is 0.284. The standard InChI is InChI=1S/C17H25N3O/c1-17(13-18,19-14-8-9-14)10-5-11-21-16-7-4-6-15(12-16)20(2)3/h4,6-7,12,14,19H,5,8-11H2,1-3H3. The second kappa shape index (κ2) is 6.82. The predicted octanol–water partition coefficient (Wildman–Crippen LogP) is 2.95. The van der Waals surface area contributed by atoms with Crippen molar-refractivity contribution in [3.8, 4) is 11.8 Å². The number of benzene rings is 1. The third-order valence-corrected chi connectivity index (χ3v) is 3.77. The molecular formula is C17H25N3O. The van der Waals surface area contributed by atoms with Crippen LogP contribution < -0.4 is 15.0 Å². The zero-order valence-electron chi connectivity index (χ0n) is 13.2. The Balaban J connectivity index is 1.76. The molecule has 4 heteroatoms. The minimum Gasteiger partial charge on any atom is -0.494 e. The second-order valence-electron chi connectivity index (χ2n) is 6.21. The van der Waals surface area contributed by atoms with Crippen molar-refractivity contribution < 1.29 is 4.74 Å². The van der Waals surface area contributed by atoms with Crippen LogP contribution in [0.4, 0.5) is 5.69 Å². The van der Waals surface area contributed by atoms with E-state index in [0.717, 1.165) is 24.3 Å². The van der Waals surface area contributed by atoms with Gasteiger partial charge in [-0.1, -0.05) is 6.07 Å². The van der Waals surface area contributed by atoms with Gasteiger partial charge in [-0.3, -0.25) is 5.32 Å². The Bertz CT molecular complexity index is 505. The molecule has 0 aromatic heterocycles. The molecule has 1 unspecified atom stereocenters. The minimum atomic E-state index is -0.421. The van der Waals surface area contributed by atoms with E-state index in [1.807, 2.05) is 39.2 Å². The first-order valence-corrected chi connectivity index (χ1v) is 7.61. The quantitative estimate of drug-likeness (QED) is 0.747. The molecule has 4 nitrogen and oxygen atoms in total. The summed E-state index contributed by atoms with van der Waals surface area (Å²) in [5, 5.41) is 12.7. The van der Waals surface area contributed by atoms with Crippen LogP contribution >= 0.6 is 0 Å². The lowest BCUT2D eigenvalue weighted by Crippen LogP contribution is -2.42. The number of nitrogens with one attached hydrogen (secondary N) is 1. The van der Waals surface area contributed by atoms with Crippen LogP contribution in [0.15, 0.2) is 24.3 Å². The van der Waals surface area contributed by atoms with Gasteiger partial charge in [0, 0.05) is 31.9 Å². The average Bonchev–Trinajstić information content (AvgIpc) is 3.28. The van der Waals surface area contributed by atoms with Crippen molar-refractivity contribution in [2.45, 2.75) is 44.2 Å². The number of nitrogens with zero attached hydrogens (tertiary/aromatic N) is 2. The van der Waals surface area contributed by atoms with Crippen LogP contribution in [0.3, 0.4) is 0 Å². The van der Waals surface area contributed by atoms with E-state index in [4.69, 9.17) is 4.74 Å². The van der Waals surface area contributed by atoms with Crippen molar-refractivity contribution in [2.75, 3.05) is 25.6 Å². The van der Waals surface area contributed by atoms with Crippen LogP contribution in [0.1, 0.15) is 32.6 Å². The largest absolute Gasteiger partial charge is 0.494 e. The zero-order valence-corrected chi connectivity index (χ0v) is 13.2. The molecule has 0 spiro atoms. The summed E-state index contributed by atoms with van der Waals surface area (Å²) in [6, 6.07) is 11.0. The molecule has 21 heavy (non-hydrogen) atoms. The molecule has 1 aliphatic rings. The molecule has 0 amide bonds. The molecule has 0 aliphatic heterocycles. The molecule has 0 saturated heterocycles. The Morgan fingerprint density at radius 2 is 2.19 bits per heavy atom. The summed E-state index contributed by atoms with van der Waals surface area (Å²) in [6.45, 7) is 2.62. The molecule has 1 aromatic rings. The van der Waals surface area contributed by atoms with E-state index >= 15 is 0 Å². The number of hydrogen-bond donors (Lipinski definition) is 1. The summed E-state index contributed by atoms with van der Waals surface area (Å²) >= 11 is 0. The third-order valence-electron chi connectivity index (χ3n) is 3.77. The Morgan fingerprint density at radius 1 is 1.43 bits per heavy atom. The van der Waals surface area contributed by atoms with Crippen LogP contribution in [0, 0.1) is 11.3 Å². The van der Waals surface area contributed by atoms with Crippen molar-refractivity contribution in [3.05, 3.63) is 24.3 Å². The first-order valence-electron chi connectivity index (χ1n) is 7.61. The van der Waals surface area contributed by atoms with Crippen LogP contribution in [-0.4, -0.2) is 32.3 Å². The fourth-order valence-electron chi connectivity index (χ4n) is 2.31. The molecule has 2 rings (SSSR count). The molecule has 0 radical (unpaired) electrons. The fourth-order valence-corrected chi connectivity index (χ4v) is 2.31. The predicted molar refractivity (Wildman–Crippen MR) is 85.7 cm³/mol. The van der Waals surface area contributed by atoms with Gasteiger partial charge in [-0.2, -0.15) is 5.26 Å². The van der Waals surface area contributed by atoms with Gasteiger partial charge in [0.2, 0.25) is 0 Å².